The van der Waals surface area contributed by atoms with Crippen LogP contribution in [0.5, 0.6) is 0 Å². The van der Waals surface area contributed by atoms with Crippen LogP contribution in [0.2, 0.25) is 0 Å². The molecule has 0 aliphatic carbocycles. The van der Waals surface area contributed by atoms with Crippen molar-refractivity contribution in [3.63, 3.8) is 0 Å². The van der Waals surface area contributed by atoms with E-state index in [2.05, 4.69) is 10.3 Å². The SMILES string of the molecule is O=C(Nc1cccc(F)c1)c1cnc2c(c1)N(C(=O)CCc1ccccc1)CCC2. The van der Waals surface area contributed by atoms with Gasteiger partial charge in [-0.3, -0.25) is 14.6 Å². The molecule has 2 amide bonds. The summed E-state index contributed by atoms with van der Waals surface area (Å²) in [5, 5.41) is 2.67. The summed E-state index contributed by atoms with van der Waals surface area (Å²) in [6.07, 6.45) is 4.17. The number of pyridine rings is 1. The molecule has 0 atom stereocenters. The molecule has 0 radical (unpaired) electrons. The number of carbonyl (C=O) groups excluding carboxylic acids is 2. The van der Waals surface area contributed by atoms with Gasteiger partial charge in [-0.25, -0.2) is 4.39 Å². The molecule has 1 aliphatic heterocycles. The molecule has 0 bridgehead atoms. The second-order valence-corrected chi connectivity index (χ2v) is 7.29. The predicted molar refractivity (Wildman–Crippen MR) is 114 cm³/mol. The third-order valence-electron chi connectivity index (χ3n) is 5.15. The van der Waals surface area contributed by atoms with Gasteiger partial charge < -0.3 is 10.2 Å². The summed E-state index contributed by atoms with van der Waals surface area (Å²) in [7, 11) is 0. The lowest BCUT2D eigenvalue weighted by atomic mass is 10.0. The number of halogens is 1. The monoisotopic (exact) mass is 403 g/mol. The summed E-state index contributed by atoms with van der Waals surface area (Å²) in [5.41, 5.74) is 3.32. The number of carbonyl (C=O) groups is 2. The van der Waals surface area contributed by atoms with E-state index in [1.165, 1.54) is 24.4 Å². The third kappa shape index (κ3) is 4.54. The number of hydrogen-bond donors (Lipinski definition) is 1. The zero-order chi connectivity index (χ0) is 20.9. The highest BCUT2D eigenvalue weighted by Gasteiger charge is 2.24. The van der Waals surface area contributed by atoms with Crippen LogP contribution < -0.4 is 10.2 Å². The molecule has 1 aromatic heterocycles. The summed E-state index contributed by atoms with van der Waals surface area (Å²) in [6.45, 7) is 0.608. The Labute approximate surface area is 174 Å². The second kappa shape index (κ2) is 8.86. The molecular formula is C24H22FN3O2. The second-order valence-electron chi connectivity index (χ2n) is 7.29. The average molecular weight is 403 g/mol. The predicted octanol–water partition coefficient (Wildman–Crippen LogP) is 4.39. The molecule has 30 heavy (non-hydrogen) atoms. The molecule has 3 aromatic rings. The fourth-order valence-electron chi connectivity index (χ4n) is 3.62. The van der Waals surface area contributed by atoms with Gasteiger partial charge in [-0.1, -0.05) is 36.4 Å². The van der Waals surface area contributed by atoms with Gasteiger partial charge in [0.1, 0.15) is 5.82 Å². The van der Waals surface area contributed by atoms with Crippen molar-refractivity contribution in [3.05, 3.63) is 89.5 Å². The molecule has 0 spiro atoms. The number of fused-ring (bicyclic) bond motifs is 1. The van der Waals surface area contributed by atoms with Gasteiger partial charge in [0.15, 0.2) is 0 Å². The standard InChI is InChI=1S/C24H22FN3O2/c25-19-8-4-9-20(15-19)27-24(30)18-14-22-21(26-16-18)10-5-13-28(22)23(29)12-11-17-6-2-1-3-7-17/h1-4,6-9,14-16H,5,10-13H2,(H,27,30). The smallest absolute Gasteiger partial charge is 0.257 e. The lowest BCUT2D eigenvalue weighted by Gasteiger charge is -2.29. The fraction of sp³-hybridized carbons (Fsp3) is 0.208. The molecule has 0 unspecified atom stereocenters. The van der Waals surface area contributed by atoms with Crippen LogP contribution in [0.25, 0.3) is 0 Å². The number of anilines is 2. The Kier molecular flexibility index (Phi) is 5.84. The van der Waals surface area contributed by atoms with E-state index in [-0.39, 0.29) is 5.91 Å². The number of nitrogens with zero attached hydrogens (tertiary/aromatic N) is 2. The Balaban J connectivity index is 1.50. The van der Waals surface area contributed by atoms with Crippen LogP contribution in [0, 0.1) is 5.82 Å². The summed E-state index contributed by atoms with van der Waals surface area (Å²) in [6, 6.07) is 17.3. The lowest BCUT2D eigenvalue weighted by molar-refractivity contribution is -0.118. The quantitative estimate of drug-likeness (QED) is 0.688. The maximum Gasteiger partial charge on any atom is 0.257 e. The summed E-state index contributed by atoms with van der Waals surface area (Å²) < 4.78 is 13.4. The van der Waals surface area contributed by atoms with Crippen molar-refractivity contribution in [2.45, 2.75) is 25.7 Å². The molecule has 1 aliphatic rings. The number of rotatable bonds is 5. The van der Waals surface area contributed by atoms with Crippen molar-refractivity contribution in [1.29, 1.82) is 0 Å². The lowest BCUT2D eigenvalue weighted by Crippen LogP contribution is -2.36. The third-order valence-corrected chi connectivity index (χ3v) is 5.15. The van der Waals surface area contributed by atoms with Crippen molar-refractivity contribution in [1.82, 2.24) is 4.98 Å². The van der Waals surface area contributed by atoms with Crippen molar-refractivity contribution in [2.24, 2.45) is 0 Å². The number of benzene rings is 2. The van der Waals surface area contributed by atoms with Crippen molar-refractivity contribution >= 4 is 23.2 Å². The first-order valence-electron chi connectivity index (χ1n) is 10.0. The zero-order valence-electron chi connectivity index (χ0n) is 16.5. The van der Waals surface area contributed by atoms with Crippen LogP contribution in [-0.2, 0) is 17.6 Å². The molecule has 6 heteroatoms. The van der Waals surface area contributed by atoms with E-state index in [4.69, 9.17) is 0 Å². The average Bonchev–Trinajstić information content (AvgIpc) is 2.77. The van der Waals surface area contributed by atoms with Crippen molar-refractivity contribution < 1.29 is 14.0 Å². The van der Waals surface area contributed by atoms with Crippen LogP contribution >= 0.6 is 0 Å². The van der Waals surface area contributed by atoms with Gasteiger partial charge in [0.2, 0.25) is 5.91 Å². The minimum Gasteiger partial charge on any atom is -0.322 e. The highest BCUT2D eigenvalue weighted by atomic mass is 19.1. The molecule has 0 fully saturated rings. The molecule has 0 saturated heterocycles. The number of aromatic nitrogens is 1. The van der Waals surface area contributed by atoms with Gasteiger partial charge in [-0.15, -0.1) is 0 Å². The normalized spacial score (nSPS) is 12.9. The highest BCUT2D eigenvalue weighted by Crippen LogP contribution is 2.27. The Morgan fingerprint density at radius 3 is 2.70 bits per heavy atom. The Hall–Kier alpha value is -3.54. The van der Waals surface area contributed by atoms with E-state index >= 15 is 0 Å². The van der Waals surface area contributed by atoms with Crippen LogP contribution in [0.15, 0.2) is 66.9 Å². The number of aryl methyl sites for hydroxylation is 2. The Bertz CT molecular complexity index is 1070. The van der Waals surface area contributed by atoms with Crippen LogP contribution in [0.4, 0.5) is 15.8 Å². The first-order chi connectivity index (χ1) is 14.6. The van der Waals surface area contributed by atoms with E-state index in [1.807, 2.05) is 30.3 Å². The summed E-state index contributed by atoms with van der Waals surface area (Å²) >= 11 is 0. The van der Waals surface area contributed by atoms with Gasteiger partial charge in [-0.05, 0) is 49.1 Å². The fourth-order valence-corrected chi connectivity index (χ4v) is 3.62. The maximum atomic E-state index is 13.4. The summed E-state index contributed by atoms with van der Waals surface area (Å²) in [4.78, 5) is 31.7. The van der Waals surface area contributed by atoms with E-state index in [1.54, 1.807) is 17.0 Å². The van der Waals surface area contributed by atoms with Crippen LogP contribution in [0.3, 0.4) is 0 Å². The first kappa shape index (κ1) is 19.8. The van der Waals surface area contributed by atoms with Gasteiger partial charge in [0.05, 0.1) is 16.9 Å². The molecule has 152 valence electrons. The minimum atomic E-state index is -0.424. The first-order valence-corrected chi connectivity index (χ1v) is 10.0. The van der Waals surface area contributed by atoms with E-state index in [0.29, 0.717) is 36.3 Å². The molecule has 4 rings (SSSR count). The Morgan fingerprint density at radius 1 is 1.07 bits per heavy atom. The topological polar surface area (TPSA) is 62.3 Å². The Morgan fingerprint density at radius 2 is 1.90 bits per heavy atom. The minimum absolute atomic E-state index is 0.0179. The molecule has 5 nitrogen and oxygen atoms in total. The van der Waals surface area contributed by atoms with Gasteiger partial charge in [0.25, 0.3) is 5.91 Å². The van der Waals surface area contributed by atoms with Gasteiger partial charge >= 0.3 is 0 Å². The molecule has 2 heterocycles. The van der Waals surface area contributed by atoms with E-state index < -0.39 is 11.7 Å². The molecular weight excluding hydrogens is 381 g/mol. The van der Waals surface area contributed by atoms with Crippen LogP contribution in [-0.4, -0.2) is 23.3 Å². The molecule has 0 saturated carbocycles. The largest absolute Gasteiger partial charge is 0.322 e. The van der Waals surface area contributed by atoms with Gasteiger partial charge in [0, 0.05) is 24.8 Å². The van der Waals surface area contributed by atoms with E-state index in [9.17, 15) is 14.0 Å². The molecule has 1 N–H and O–H groups in total. The maximum absolute atomic E-state index is 13.4. The van der Waals surface area contributed by atoms with Crippen molar-refractivity contribution in [3.8, 4) is 0 Å². The van der Waals surface area contributed by atoms with Crippen molar-refractivity contribution in [2.75, 3.05) is 16.8 Å². The number of nitrogens with one attached hydrogen (secondary N) is 1. The highest BCUT2D eigenvalue weighted by molar-refractivity contribution is 6.05. The molecule has 2 aromatic carbocycles. The number of amides is 2. The van der Waals surface area contributed by atoms with Gasteiger partial charge in [-0.2, -0.15) is 0 Å². The number of hydrogen-bond acceptors (Lipinski definition) is 3. The van der Waals surface area contributed by atoms with E-state index in [0.717, 1.165) is 24.1 Å². The van der Waals surface area contributed by atoms with Crippen LogP contribution in [0.1, 0.15) is 34.5 Å². The summed E-state index contributed by atoms with van der Waals surface area (Å²) in [5.74, 6) is -0.797. The zero-order valence-corrected chi connectivity index (χ0v) is 16.5.